The molecule has 0 aliphatic rings. The Morgan fingerprint density at radius 3 is 1.62 bits per heavy atom. The second-order valence-electron chi connectivity index (χ2n) is 9.51. The molecule has 0 atom stereocenters. The Kier molecular flexibility index (Phi) is 28.3. The van der Waals surface area contributed by atoms with Crippen molar-refractivity contribution in [2.45, 2.75) is 85.4 Å². The molecule has 2 N–H and O–H groups in total. The first kappa shape index (κ1) is 38.3. The quantitative estimate of drug-likeness (QED) is 0.185. The normalized spacial score (nSPS) is 10.4. The fraction of sp³-hybridized carbons (Fsp3) is 0.500. The molecule has 2 rings (SSSR count). The van der Waals surface area contributed by atoms with Gasteiger partial charge in [0.05, 0.1) is 0 Å². The van der Waals surface area contributed by atoms with Gasteiger partial charge in [-0.3, -0.25) is 0 Å². The summed E-state index contributed by atoms with van der Waals surface area (Å²) in [6.07, 6.45) is 11.7. The van der Waals surface area contributed by atoms with E-state index >= 15 is 0 Å². The second kappa shape index (κ2) is 28.8. The summed E-state index contributed by atoms with van der Waals surface area (Å²) < 4.78 is 14.4. The molecule has 0 saturated carbocycles. The number of aliphatic hydroxyl groups excluding tert-OH is 2. The molecule has 2 aromatic carbocycles. The smallest absolute Gasteiger partial charge is 0.0471 e. The van der Waals surface area contributed by atoms with E-state index in [1.807, 2.05) is 54.6 Å². The van der Waals surface area contributed by atoms with Crippen molar-refractivity contribution in [3.63, 3.8) is 0 Å². The maximum atomic E-state index is 8.71. The zero-order valence-electron chi connectivity index (χ0n) is 25.9. The summed E-state index contributed by atoms with van der Waals surface area (Å²) in [7, 11) is 8.19. The molecular weight excluding hydrogens is 647 g/mol. The number of hydrogen-bond acceptors (Lipinski definition) is 2. The van der Waals surface area contributed by atoms with Gasteiger partial charge in [0.1, 0.15) is 0 Å². The zero-order valence-corrected chi connectivity index (χ0v) is 29.3. The third-order valence-electron chi connectivity index (χ3n) is 6.51. The summed E-state index contributed by atoms with van der Waals surface area (Å²) in [5.74, 6) is 0. The van der Waals surface area contributed by atoms with Crippen LogP contribution in [-0.2, 0) is 12.8 Å². The third kappa shape index (κ3) is 20.8. The standard InChI is InChI=1S/C10H12O.C8H9BrO.3C4H9.C2H3.B3H.Sn/c1-2-9-5-3-4-6-10(9)7-8-11;9-8-4-2-1-3-7(8)5-6-10;3*1-3-4-2;1-2;1-3-2;/h2-6,11H,1,7-8H2;1-4,10H,5-6H2;3*1,3-4H2,2H3;1H,2H2;3H;/i;;;;;;3T;. The molecule has 2 nitrogen and oxygen atoms in total. The Labute approximate surface area is 258 Å². The molecule has 0 spiro atoms. The van der Waals surface area contributed by atoms with E-state index in [0.29, 0.717) is 6.42 Å². The SMILES string of the molecule is C=Cc1ccccc1CCO.C=[CH][Sn]([CH2]CCC)([CH2]CCC)[CH2]CCC.OCCc1ccccc1Br.[3H]B([B])[B]. The van der Waals surface area contributed by atoms with Crippen molar-refractivity contribution in [1.29, 1.82) is 1.34 Å². The Morgan fingerprint density at radius 2 is 1.23 bits per heavy atom. The van der Waals surface area contributed by atoms with Crippen molar-refractivity contribution in [2.75, 3.05) is 13.2 Å². The van der Waals surface area contributed by atoms with Crippen molar-refractivity contribution in [3.05, 3.63) is 86.9 Å². The van der Waals surface area contributed by atoms with Gasteiger partial charge in [-0.15, -0.1) is 0 Å². The molecule has 0 bridgehead atoms. The number of halogens is 1. The topological polar surface area (TPSA) is 40.5 Å². The predicted molar refractivity (Wildman–Crippen MR) is 186 cm³/mol. The van der Waals surface area contributed by atoms with Gasteiger partial charge in [0.25, 0.3) is 0 Å². The van der Waals surface area contributed by atoms with Gasteiger partial charge in [-0.1, -0.05) is 71.0 Å². The Morgan fingerprint density at radius 1 is 0.821 bits per heavy atom. The molecule has 4 radical (unpaired) electrons. The van der Waals surface area contributed by atoms with Crippen LogP contribution in [0.2, 0.25) is 13.3 Å². The Bertz CT molecular complexity index is 862. The van der Waals surface area contributed by atoms with Crippen LogP contribution in [0, 0.1) is 0 Å². The van der Waals surface area contributed by atoms with E-state index in [1.54, 1.807) is 13.3 Å². The molecule has 0 unspecified atom stereocenters. The summed E-state index contributed by atoms with van der Waals surface area (Å²) in [6, 6.07) is 15.9. The average Bonchev–Trinajstić information content (AvgIpc) is 2.95. The molecule has 0 heterocycles. The summed E-state index contributed by atoms with van der Waals surface area (Å²) in [5.41, 5.74) is 3.43. The average molecular weight is 702 g/mol. The van der Waals surface area contributed by atoms with Gasteiger partial charge in [0.2, 0.25) is 0 Å². The summed E-state index contributed by atoms with van der Waals surface area (Å²) >= 11 is 1.53. The van der Waals surface area contributed by atoms with Gasteiger partial charge in [-0.2, -0.15) is 0 Å². The van der Waals surface area contributed by atoms with Crippen molar-refractivity contribution in [2.24, 2.45) is 0 Å². The minimum atomic E-state index is -1.85. The van der Waals surface area contributed by atoms with E-state index in [0.717, 1.165) is 27.6 Å². The molecule has 39 heavy (non-hydrogen) atoms. The van der Waals surface area contributed by atoms with Crippen LogP contribution in [-0.4, -0.2) is 65.6 Å². The first-order valence-electron chi connectivity index (χ1n) is 15.0. The zero-order chi connectivity index (χ0) is 30.7. The predicted octanol–water partition coefficient (Wildman–Crippen LogP) is 8.00. The van der Waals surface area contributed by atoms with E-state index in [4.69, 9.17) is 11.5 Å². The van der Waals surface area contributed by atoms with Crippen molar-refractivity contribution >= 4 is 62.9 Å². The monoisotopic (exact) mass is 702 g/mol. The maximum absolute atomic E-state index is 8.71. The van der Waals surface area contributed by atoms with Crippen LogP contribution in [0.1, 0.15) is 76.0 Å². The van der Waals surface area contributed by atoms with Gasteiger partial charge in [-0.05, 0) is 36.9 Å². The van der Waals surface area contributed by atoms with Crippen LogP contribution in [0.3, 0.4) is 0 Å². The minimum Gasteiger partial charge on any atom is -0.396 e. The van der Waals surface area contributed by atoms with Crippen molar-refractivity contribution in [3.8, 4) is 0 Å². The van der Waals surface area contributed by atoms with E-state index in [-0.39, 0.29) is 13.2 Å². The Hall–Kier alpha value is -0.686. The Balaban J connectivity index is 0. The van der Waals surface area contributed by atoms with Gasteiger partial charge in [0.15, 0.2) is 0 Å². The number of aliphatic hydroxyl groups is 2. The summed E-state index contributed by atoms with van der Waals surface area (Å²) in [6.45, 7) is 15.2. The van der Waals surface area contributed by atoms with E-state index in [9.17, 15) is 0 Å². The fourth-order valence-corrected chi connectivity index (χ4v) is 17.6. The first-order chi connectivity index (χ1) is 19.2. The van der Waals surface area contributed by atoms with Gasteiger partial charge in [0, 0.05) is 40.2 Å². The van der Waals surface area contributed by atoms with Crippen LogP contribution in [0.5, 0.6) is 0 Å². The third-order valence-corrected chi connectivity index (χ3v) is 21.3. The van der Waals surface area contributed by atoms with Gasteiger partial charge < -0.3 is 10.2 Å². The first-order valence-corrected chi connectivity index (χ1v) is 22.9. The molecular formula is C32H52B3BrO2Sn. The molecule has 0 aliphatic heterocycles. The fourth-order valence-electron chi connectivity index (χ4n) is 4.17. The van der Waals surface area contributed by atoms with E-state index < -0.39 is 25.4 Å². The minimum absolute atomic E-state index is 0.199. The number of rotatable bonds is 15. The maximum Gasteiger partial charge on any atom is 0.0471 e. The molecule has 0 saturated heterocycles. The van der Waals surface area contributed by atoms with Crippen molar-refractivity contribution in [1.82, 2.24) is 0 Å². The molecule has 0 aliphatic carbocycles. The molecule has 212 valence electrons. The van der Waals surface area contributed by atoms with Crippen LogP contribution in [0.25, 0.3) is 6.08 Å². The van der Waals surface area contributed by atoms with Crippen LogP contribution in [0.4, 0.5) is 0 Å². The number of unbranched alkanes of at least 4 members (excludes halogenated alkanes) is 3. The largest absolute Gasteiger partial charge is 0.396 e. The molecule has 0 aromatic heterocycles. The van der Waals surface area contributed by atoms with E-state index in [1.165, 1.54) is 38.5 Å². The van der Waals surface area contributed by atoms with Crippen LogP contribution >= 0.6 is 15.9 Å². The number of hydrogen-bond donors (Lipinski definition) is 2. The van der Waals surface area contributed by atoms with Crippen molar-refractivity contribution < 1.29 is 10.2 Å². The van der Waals surface area contributed by atoms with Crippen LogP contribution < -0.4 is 0 Å². The van der Waals surface area contributed by atoms with Crippen LogP contribution in [0.15, 0.2) is 70.3 Å². The second-order valence-corrected chi connectivity index (χ2v) is 23.6. The van der Waals surface area contributed by atoms with E-state index in [2.05, 4.69) is 69.4 Å². The van der Waals surface area contributed by atoms with Gasteiger partial charge in [-0.25, -0.2) is 0 Å². The molecule has 0 amide bonds. The molecule has 0 fully saturated rings. The summed E-state index contributed by atoms with van der Waals surface area (Å²) in [4.78, 5) is 0. The molecule has 2 aromatic rings. The summed E-state index contributed by atoms with van der Waals surface area (Å²) in [5, 5.41) is 17.3. The molecule has 7 heteroatoms. The van der Waals surface area contributed by atoms with Gasteiger partial charge >= 0.3 is 102 Å². The number of benzene rings is 2.